The zero-order valence-electron chi connectivity index (χ0n) is 15.7. The van der Waals surface area contributed by atoms with Crippen LogP contribution < -0.4 is 10.6 Å². The van der Waals surface area contributed by atoms with Crippen LogP contribution in [0.15, 0.2) is 41.0 Å². The van der Waals surface area contributed by atoms with Crippen LogP contribution >= 0.6 is 0 Å². The predicted octanol–water partition coefficient (Wildman–Crippen LogP) is 4.73. The Morgan fingerprint density at radius 2 is 1.07 bits per heavy atom. The maximum atomic E-state index is 4.76. The first-order valence-corrected chi connectivity index (χ1v) is 8.68. The topological polar surface area (TPSA) is 88.8 Å². The van der Waals surface area contributed by atoms with Crippen molar-refractivity contribution in [3.8, 4) is 0 Å². The quantitative estimate of drug-likeness (QED) is 0.543. The summed E-state index contributed by atoms with van der Waals surface area (Å²) >= 11 is 0. The molecule has 0 aliphatic heterocycles. The fourth-order valence-electron chi connectivity index (χ4n) is 2.72. The normalized spacial score (nSPS) is 11.0. The van der Waals surface area contributed by atoms with Crippen molar-refractivity contribution in [2.75, 3.05) is 10.6 Å². The van der Waals surface area contributed by atoms with E-state index >= 15 is 0 Å². The van der Waals surface area contributed by atoms with Crippen LogP contribution in [0.3, 0.4) is 0 Å². The first-order chi connectivity index (χ1) is 13.0. The van der Waals surface area contributed by atoms with E-state index < -0.39 is 0 Å². The Balaban J connectivity index is 1.74. The second kappa shape index (κ2) is 6.68. The molecule has 136 valence electrons. The fourth-order valence-corrected chi connectivity index (χ4v) is 2.72. The number of aryl methyl sites for hydroxylation is 4. The lowest BCUT2D eigenvalue weighted by Crippen LogP contribution is -2.04. The summed E-state index contributed by atoms with van der Waals surface area (Å²) in [6.07, 6.45) is 0. The Kier molecular flexibility index (Phi) is 4.19. The molecule has 0 radical (unpaired) electrons. The minimum atomic E-state index is 0.354. The molecule has 0 atom stereocenters. The highest BCUT2D eigenvalue weighted by Gasteiger charge is 2.14. The molecule has 2 heterocycles. The second-order valence-corrected chi connectivity index (χ2v) is 6.68. The van der Waals surface area contributed by atoms with E-state index in [-0.39, 0.29) is 0 Å². The third-order valence-corrected chi connectivity index (χ3v) is 4.65. The van der Waals surface area contributed by atoms with Crippen LogP contribution in [0.4, 0.5) is 23.0 Å². The van der Waals surface area contributed by atoms with Gasteiger partial charge in [-0.05, 0) is 84.5 Å². The third-order valence-electron chi connectivity index (χ3n) is 4.65. The summed E-state index contributed by atoms with van der Waals surface area (Å²) in [5.74, 6) is 1.11. The van der Waals surface area contributed by atoms with Crippen molar-refractivity contribution in [2.45, 2.75) is 27.7 Å². The van der Waals surface area contributed by atoms with E-state index in [0.29, 0.717) is 22.9 Å². The molecule has 0 bridgehead atoms. The molecule has 0 unspecified atom stereocenters. The molecule has 7 heteroatoms. The number of rotatable bonds is 4. The van der Waals surface area contributed by atoms with Gasteiger partial charge in [0.15, 0.2) is 11.6 Å². The highest BCUT2D eigenvalue weighted by Crippen LogP contribution is 2.28. The molecule has 4 aromatic rings. The highest BCUT2D eigenvalue weighted by molar-refractivity contribution is 5.79. The third kappa shape index (κ3) is 3.44. The average molecular weight is 360 g/mol. The molecular formula is C20H20N6O. The Morgan fingerprint density at radius 3 is 1.48 bits per heavy atom. The van der Waals surface area contributed by atoms with E-state index in [1.807, 2.05) is 12.1 Å². The summed E-state index contributed by atoms with van der Waals surface area (Å²) in [5.41, 5.74) is 7.41. The van der Waals surface area contributed by atoms with Crippen LogP contribution in [0.1, 0.15) is 22.3 Å². The van der Waals surface area contributed by atoms with Gasteiger partial charge in [0.25, 0.3) is 0 Å². The van der Waals surface area contributed by atoms with Crippen molar-refractivity contribution >= 4 is 34.3 Å². The Morgan fingerprint density at radius 1 is 0.630 bits per heavy atom. The van der Waals surface area contributed by atoms with Gasteiger partial charge in [-0.25, -0.2) is 14.6 Å². The molecule has 27 heavy (non-hydrogen) atoms. The van der Waals surface area contributed by atoms with E-state index in [9.17, 15) is 0 Å². The van der Waals surface area contributed by atoms with Crippen molar-refractivity contribution in [3.05, 3.63) is 58.7 Å². The number of nitrogens with zero attached hydrogens (tertiary/aromatic N) is 4. The summed E-state index contributed by atoms with van der Waals surface area (Å²) < 4.78 is 4.76. The van der Waals surface area contributed by atoms with Crippen LogP contribution in [0.25, 0.3) is 11.3 Å². The van der Waals surface area contributed by atoms with Crippen molar-refractivity contribution in [2.24, 2.45) is 0 Å². The molecule has 2 aromatic heterocycles. The van der Waals surface area contributed by atoms with Gasteiger partial charge in [0.2, 0.25) is 11.3 Å². The van der Waals surface area contributed by atoms with Gasteiger partial charge in [-0.15, -0.1) is 0 Å². The molecule has 0 aliphatic rings. The molecular weight excluding hydrogens is 340 g/mol. The van der Waals surface area contributed by atoms with Crippen molar-refractivity contribution in [1.29, 1.82) is 0 Å². The fraction of sp³-hybridized carbons (Fsp3) is 0.200. The molecule has 0 saturated heterocycles. The molecule has 0 aliphatic carbocycles. The first kappa shape index (κ1) is 17.0. The van der Waals surface area contributed by atoms with Crippen LogP contribution in [-0.2, 0) is 0 Å². The Bertz CT molecular complexity index is 1050. The van der Waals surface area contributed by atoms with Gasteiger partial charge in [0, 0.05) is 11.4 Å². The minimum absolute atomic E-state index is 0.354. The molecule has 2 aromatic carbocycles. The van der Waals surface area contributed by atoms with Gasteiger partial charge in [-0.1, -0.05) is 12.1 Å². The molecule has 7 nitrogen and oxygen atoms in total. The maximum absolute atomic E-state index is 4.76. The largest absolute Gasteiger partial charge is 0.337 e. The number of benzene rings is 2. The molecule has 0 spiro atoms. The Labute approximate surface area is 156 Å². The van der Waals surface area contributed by atoms with Gasteiger partial charge in [-0.2, -0.15) is 0 Å². The summed E-state index contributed by atoms with van der Waals surface area (Å²) in [6, 6.07) is 12.3. The maximum Gasteiger partial charge on any atom is 0.245 e. The van der Waals surface area contributed by atoms with Crippen molar-refractivity contribution in [3.63, 3.8) is 0 Å². The highest BCUT2D eigenvalue weighted by atomic mass is 16.6. The number of anilines is 4. The minimum Gasteiger partial charge on any atom is -0.337 e. The van der Waals surface area contributed by atoms with E-state index in [0.717, 1.165) is 11.4 Å². The van der Waals surface area contributed by atoms with E-state index in [4.69, 9.17) is 4.63 Å². The van der Waals surface area contributed by atoms with Crippen LogP contribution in [0, 0.1) is 27.7 Å². The standard InChI is InChI=1S/C20H20N6O/c1-11-5-7-15(9-13(11)3)21-17-18(24-20-19(23-17)25-27-26-20)22-16-8-6-12(2)14(4)10-16/h5-10H,1-4H3,(H,21,23,25)(H,22,24,26). The number of hydrogen-bond donors (Lipinski definition) is 2. The SMILES string of the molecule is Cc1ccc(Nc2nc3nonc3nc2Nc2ccc(C)c(C)c2)cc1C. The predicted molar refractivity (Wildman–Crippen MR) is 106 cm³/mol. The van der Waals surface area contributed by atoms with Crippen molar-refractivity contribution in [1.82, 2.24) is 20.3 Å². The van der Waals surface area contributed by atoms with E-state index in [1.54, 1.807) is 0 Å². The van der Waals surface area contributed by atoms with Crippen LogP contribution in [0.2, 0.25) is 0 Å². The molecule has 0 saturated carbocycles. The van der Waals surface area contributed by atoms with Gasteiger partial charge in [-0.3, -0.25) is 0 Å². The zero-order valence-corrected chi connectivity index (χ0v) is 15.7. The molecule has 0 fully saturated rings. The van der Waals surface area contributed by atoms with Gasteiger partial charge >= 0.3 is 0 Å². The van der Waals surface area contributed by atoms with Gasteiger partial charge < -0.3 is 10.6 Å². The van der Waals surface area contributed by atoms with Crippen molar-refractivity contribution < 1.29 is 4.63 Å². The lowest BCUT2D eigenvalue weighted by atomic mass is 10.1. The molecule has 2 N–H and O–H groups in total. The summed E-state index contributed by atoms with van der Waals surface area (Å²) in [4.78, 5) is 9.03. The first-order valence-electron chi connectivity index (χ1n) is 8.68. The van der Waals surface area contributed by atoms with Gasteiger partial charge in [0.05, 0.1) is 0 Å². The van der Waals surface area contributed by atoms with E-state index in [1.165, 1.54) is 22.3 Å². The van der Waals surface area contributed by atoms with Crippen LogP contribution in [-0.4, -0.2) is 20.3 Å². The summed E-state index contributed by atoms with van der Waals surface area (Å²) in [7, 11) is 0. The number of hydrogen-bond acceptors (Lipinski definition) is 7. The molecule has 0 amide bonds. The zero-order chi connectivity index (χ0) is 19.0. The summed E-state index contributed by atoms with van der Waals surface area (Å²) in [5, 5.41) is 14.2. The second-order valence-electron chi connectivity index (χ2n) is 6.68. The van der Waals surface area contributed by atoms with Gasteiger partial charge in [0.1, 0.15) is 0 Å². The lowest BCUT2D eigenvalue weighted by Gasteiger charge is -2.13. The van der Waals surface area contributed by atoms with E-state index in [2.05, 4.69) is 82.9 Å². The average Bonchev–Trinajstić information content (AvgIpc) is 3.09. The Hall–Kier alpha value is -3.48. The summed E-state index contributed by atoms with van der Waals surface area (Å²) in [6.45, 7) is 8.31. The van der Waals surface area contributed by atoms with Crippen LogP contribution in [0.5, 0.6) is 0 Å². The molecule has 4 rings (SSSR count). The number of nitrogens with one attached hydrogen (secondary N) is 2. The monoisotopic (exact) mass is 360 g/mol. The lowest BCUT2D eigenvalue weighted by molar-refractivity contribution is 0.314. The number of aromatic nitrogens is 4. The smallest absolute Gasteiger partial charge is 0.245 e. The number of fused-ring (bicyclic) bond motifs is 1.